The van der Waals surface area contributed by atoms with Crippen molar-refractivity contribution in [1.29, 1.82) is 0 Å². The van der Waals surface area contributed by atoms with Gasteiger partial charge in [-0.1, -0.05) is 6.92 Å². The van der Waals surface area contributed by atoms with Crippen molar-refractivity contribution in [2.45, 2.75) is 52.6 Å². The lowest BCUT2D eigenvalue weighted by Gasteiger charge is -2.32. The van der Waals surface area contributed by atoms with E-state index in [9.17, 15) is 0 Å². The van der Waals surface area contributed by atoms with E-state index >= 15 is 0 Å². The molecule has 0 atom stereocenters. The molecule has 0 spiro atoms. The Kier molecular flexibility index (Phi) is 6.00. The largest absolute Gasteiger partial charge is 0.496 e. The van der Waals surface area contributed by atoms with Crippen molar-refractivity contribution in [3.05, 3.63) is 23.0 Å². The Morgan fingerprint density at radius 1 is 1.33 bits per heavy atom. The molecule has 0 unspecified atom stereocenters. The topological polar surface area (TPSA) is 37.4 Å². The summed E-state index contributed by atoms with van der Waals surface area (Å²) in [7, 11) is 1.74. The molecule has 1 aliphatic rings. The Labute approximate surface area is 128 Å². The van der Waals surface area contributed by atoms with E-state index in [1.54, 1.807) is 7.11 Å². The van der Waals surface area contributed by atoms with Crippen LogP contribution in [0.2, 0.25) is 0 Å². The molecule has 1 N–H and O–H groups in total. The number of pyridine rings is 1. The molecule has 1 aromatic heterocycles. The van der Waals surface area contributed by atoms with Crippen LogP contribution in [0.5, 0.6) is 5.75 Å². The summed E-state index contributed by atoms with van der Waals surface area (Å²) in [5, 5.41) is 3.63. The summed E-state index contributed by atoms with van der Waals surface area (Å²) in [6.07, 6.45) is 5.62. The van der Waals surface area contributed by atoms with Gasteiger partial charge in [0.05, 0.1) is 12.8 Å². The summed E-state index contributed by atoms with van der Waals surface area (Å²) in [4.78, 5) is 7.12. The van der Waals surface area contributed by atoms with Gasteiger partial charge < -0.3 is 10.1 Å². The SMILES string of the molecule is CCCNC1CCN(Cc2ncc(C)c(OC)c2C)CC1. The Balaban J connectivity index is 1.92. The third-order valence-corrected chi connectivity index (χ3v) is 4.39. The second kappa shape index (κ2) is 7.76. The van der Waals surface area contributed by atoms with Crippen LogP contribution in [0.1, 0.15) is 43.0 Å². The number of hydrogen-bond acceptors (Lipinski definition) is 4. The van der Waals surface area contributed by atoms with Gasteiger partial charge in [0, 0.05) is 43.0 Å². The zero-order chi connectivity index (χ0) is 15.2. The number of nitrogens with zero attached hydrogens (tertiary/aromatic N) is 2. The fourth-order valence-electron chi connectivity index (χ4n) is 3.09. The van der Waals surface area contributed by atoms with Gasteiger partial charge in [-0.15, -0.1) is 0 Å². The molecule has 0 saturated carbocycles. The van der Waals surface area contributed by atoms with E-state index in [1.807, 2.05) is 13.1 Å². The van der Waals surface area contributed by atoms with Gasteiger partial charge in [-0.3, -0.25) is 9.88 Å². The highest BCUT2D eigenvalue weighted by Gasteiger charge is 2.20. The molecular formula is C17H29N3O. The van der Waals surface area contributed by atoms with Gasteiger partial charge in [-0.2, -0.15) is 0 Å². The van der Waals surface area contributed by atoms with Gasteiger partial charge in [0.2, 0.25) is 0 Å². The van der Waals surface area contributed by atoms with Gasteiger partial charge in [0.1, 0.15) is 5.75 Å². The lowest BCUT2D eigenvalue weighted by Crippen LogP contribution is -2.42. The van der Waals surface area contributed by atoms with Crippen LogP contribution in [0.25, 0.3) is 0 Å². The van der Waals surface area contributed by atoms with E-state index in [1.165, 1.54) is 24.8 Å². The lowest BCUT2D eigenvalue weighted by molar-refractivity contribution is 0.188. The normalized spacial score (nSPS) is 17.1. The van der Waals surface area contributed by atoms with Crippen molar-refractivity contribution >= 4 is 0 Å². The fraction of sp³-hybridized carbons (Fsp3) is 0.706. The van der Waals surface area contributed by atoms with Gasteiger partial charge in [-0.25, -0.2) is 0 Å². The number of aryl methyl sites for hydroxylation is 1. The molecule has 0 aromatic carbocycles. The molecule has 0 radical (unpaired) electrons. The minimum Gasteiger partial charge on any atom is -0.496 e. The molecule has 0 aliphatic carbocycles. The summed E-state index contributed by atoms with van der Waals surface area (Å²) >= 11 is 0. The molecule has 2 rings (SSSR count). The zero-order valence-corrected chi connectivity index (χ0v) is 13.9. The van der Waals surface area contributed by atoms with E-state index in [-0.39, 0.29) is 0 Å². The third-order valence-electron chi connectivity index (χ3n) is 4.39. The van der Waals surface area contributed by atoms with Crippen LogP contribution in [-0.2, 0) is 6.54 Å². The fourth-order valence-corrected chi connectivity index (χ4v) is 3.09. The van der Waals surface area contributed by atoms with Crippen LogP contribution in [0.3, 0.4) is 0 Å². The number of nitrogens with one attached hydrogen (secondary N) is 1. The number of hydrogen-bond donors (Lipinski definition) is 1. The average molecular weight is 291 g/mol. The molecule has 1 aromatic rings. The lowest BCUT2D eigenvalue weighted by atomic mass is 10.0. The first kappa shape index (κ1) is 16.2. The maximum absolute atomic E-state index is 5.50. The molecule has 4 nitrogen and oxygen atoms in total. The van der Waals surface area contributed by atoms with Crippen LogP contribution in [0.15, 0.2) is 6.20 Å². The molecule has 0 amide bonds. The Morgan fingerprint density at radius 2 is 2.05 bits per heavy atom. The Morgan fingerprint density at radius 3 is 2.67 bits per heavy atom. The van der Waals surface area contributed by atoms with Crippen LogP contribution in [-0.4, -0.2) is 42.7 Å². The Bertz CT molecular complexity index is 454. The van der Waals surface area contributed by atoms with Gasteiger partial charge >= 0.3 is 0 Å². The first-order valence-corrected chi connectivity index (χ1v) is 8.10. The Hall–Kier alpha value is -1.13. The van der Waals surface area contributed by atoms with Crippen molar-refractivity contribution < 1.29 is 4.74 Å². The van der Waals surface area contributed by atoms with Crippen LogP contribution in [0, 0.1) is 13.8 Å². The summed E-state index contributed by atoms with van der Waals surface area (Å²) < 4.78 is 5.50. The van der Waals surface area contributed by atoms with Gasteiger partial charge in [-0.05, 0) is 39.7 Å². The van der Waals surface area contributed by atoms with Crippen molar-refractivity contribution in [2.75, 3.05) is 26.7 Å². The number of likely N-dealkylation sites (tertiary alicyclic amines) is 1. The molecular weight excluding hydrogens is 262 g/mol. The molecule has 118 valence electrons. The number of aromatic nitrogens is 1. The third kappa shape index (κ3) is 4.17. The summed E-state index contributed by atoms with van der Waals surface area (Å²) in [5.74, 6) is 0.986. The molecule has 1 aliphatic heterocycles. The zero-order valence-electron chi connectivity index (χ0n) is 13.9. The summed E-state index contributed by atoms with van der Waals surface area (Å²) in [6.45, 7) is 10.8. The van der Waals surface area contributed by atoms with Crippen LogP contribution in [0.4, 0.5) is 0 Å². The summed E-state index contributed by atoms with van der Waals surface area (Å²) in [6, 6.07) is 0.697. The van der Waals surface area contributed by atoms with Crippen molar-refractivity contribution in [3.8, 4) is 5.75 Å². The smallest absolute Gasteiger partial charge is 0.128 e. The monoisotopic (exact) mass is 291 g/mol. The van der Waals surface area contributed by atoms with Crippen LogP contribution >= 0.6 is 0 Å². The maximum atomic E-state index is 5.50. The molecule has 21 heavy (non-hydrogen) atoms. The van der Waals surface area contributed by atoms with Crippen LogP contribution < -0.4 is 10.1 Å². The number of piperidine rings is 1. The first-order chi connectivity index (χ1) is 10.2. The first-order valence-electron chi connectivity index (χ1n) is 8.10. The van der Waals surface area contributed by atoms with Crippen molar-refractivity contribution in [1.82, 2.24) is 15.2 Å². The van der Waals surface area contributed by atoms with E-state index < -0.39 is 0 Å². The minimum atomic E-state index is 0.697. The predicted octanol–water partition coefficient (Wildman–Crippen LogP) is 2.67. The number of methoxy groups -OCH3 is 1. The van der Waals surface area contributed by atoms with E-state index in [4.69, 9.17) is 4.74 Å². The number of rotatable bonds is 6. The minimum absolute atomic E-state index is 0.697. The standard InChI is InChI=1S/C17H29N3O/c1-5-8-18-15-6-9-20(10-7-15)12-16-14(3)17(21-4)13(2)11-19-16/h11,15,18H,5-10,12H2,1-4H3. The molecule has 4 heteroatoms. The highest BCUT2D eigenvalue weighted by atomic mass is 16.5. The molecule has 2 heterocycles. The van der Waals surface area contributed by atoms with E-state index in [0.29, 0.717) is 6.04 Å². The predicted molar refractivity (Wildman–Crippen MR) is 86.9 cm³/mol. The highest BCUT2D eigenvalue weighted by molar-refractivity contribution is 5.41. The highest BCUT2D eigenvalue weighted by Crippen LogP contribution is 2.25. The maximum Gasteiger partial charge on any atom is 0.128 e. The van der Waals surface area contributed by atoms with Gasteiger partial charge in [0.25, 0.3) is 0 Å². The second-order valence-corrected chi connectivity index (χ2v) is 6.05. The van der Waals surface area contributed by atoms with Crippen molar-refractivity contribution in [2.24, 2.45) is 0 Å². The molecule has 0 bridgehead atoms. The van der Waals surface area contributed by atoms with E-state index in [0.717, 1.165) is 43.2 Å². The van der Waals surface area contributed by atoms with Crippen molar-refractivity contribution in [3.63, 3.8) is 0 Å². The quantitative estimate of drug-likeness (QED) is 0.874. The van der Waals surface area contributed by atoms with Gasteiger partial charge in [0.15, 0.2) is 0 Å². The second-order valence-electron chi connectivity index (χ2n) is 6.05. The average Bonchev–Trinajstić information content (AvgIpc) is 2.50. The molecule has 1 fully saturated rings. The number of ether oxygens (including phenoxy) is 1. The van der Waals surface area contributed by atoms with E-state index in [2.05, 4.69) is 29.0 Å². The molecule has 1 saturated heterocycles. The summed E-state index contributed by atoms with van der Waals surface area (Å²) in [5.41, 5.74) is 3.45.